The van der Waals surface area contributed by atoms with Gasteiger partial charge in [-0.25, -0.2) is 0 Å². The summed E-state index contributed by atoms with van der Waals surface area (Å²) in [7, 11) is 0. The molecule has 0 saturated heterocycles. The van der Waals surface area contributed by atoms with Crippen LogP contribution in [0.25, 0.3) is 0 Å². The molecule has 0 aromatic heterocycles. The molecule has 3 heteroatoms. The predicted molar refractivity (Wildman–Crippen MR) is 109 cm³/mol. The second-order valence-corrected chi connectivity index (χ2v) is 7.69. The maximum Gasteiger partial charge on any atom is 0.191 e. The zero-order chi connectivity index (χ0) is 17.8. The lowest BCUT2D eigenvalue weighted by atomic mass is 9.71. The first kappa shape index (κ1) is 17.1. The molecule has 2 aliphatic rings. The fourth-order valence-electron chi connectivity index (χ4n) is 4.56. The van der Waals surface area contributed by atoms with Crippen LogP contribution < -0.4 is 10.6 Å². The number of benzene rings is 2. The number of rotatable bonds is 5. The minimum Gasteiger partial charge on any atom is -0.356 e. The second-order valence-electron chi connectivity index (χ2n) is 7.69. The minimum absolute atomic E-state index is 0.104. The van der Waals surface area contributed by atoms with E-state index < -0.39 is 0 Å². The van der Waals surface area contributed by atoms with E-state index in [1.807, 2.05) is 0 Å². The Kier molecular flexibility index (Phi) is 4.96. The molecule has 2 aromatic carbocycles. The first-order chi connectivity index (χ1) is 12.8. The lowest BCUT2D eigenvalue weighted by Gasteiger charge is -2.33. The van der Waals surface area contributed by atoms with Gasteiger partial charge >= 0.3 is 0 Å². The van der Waals surface area contributed by atoms with Crippen LogP contribution in [0.5, 0.6) is 0 Å². The van der Waals surface area contributed by atoms with Crippen molar-refractivity contribution in [3.8, 4) is 0 Å². The Hall–Kier alpha value is -2.29. The van der Waals surface area contributed by atoms with Crippen LogP contribution in [-0.2, 0) is 18.3 Å². The van der Waals surface area contributed by atoms with Gasteiger partial charge in [0.2, 0.25) is 0 Å². The molecule has 0 saturated carbocycles. The molecule has 0 atom stereocenters. The monoisotopic (exact) mass is 347 g/mol. The van der Waals surface area contributed by atoms with Crippen LogP contribution in [0.2, 0.25) is 0 Å². The third kappa shape index (κ3) is 3.35. The highest BCUT2D eigenvalue weighted by molar-refractivity contribution is 5.81. The Morgan fingerprint density at radius 2 is 1.62 bits per heavy atom. The Labute approximate surface area is 156 Å². The van der Waals surface area contributed by atoms with Crippen molar-refractivity contribution in [2.75, 3.05) is 19.6 Å². The van der Waals surface area contributed by atoms with Gasteiger partial charge < -0.3 is 10.6 Å². The maximum atomic E-state index is 4.40. The van der Waals surface area contributed by atoms with Gasteiger partial charge in [-0.1, -0.05) is 61.9 Å². The summed E-state index contributed by atoms with van der Waals surface area (Å²) in [5, 5.41) is 6.70. The van der Waals surface area contributed by atoms with Crippen molar-refractivity contribution in [3.63, 3.8) is 0 Å². The van der Waals surface area contributed by atoms with Crippen molar-refractivity contribution in [2.45, 2.75) is 44.4 Å². The lowest BCUT2D eigenvalue weighted by molar-refractivity contribution is 0.482. The minimum atomic E-state index is 0.104. The van der Waals surface area contributed by atoms with Crippen LogP contribution >= 0.6 is 0 Å². The molecule has 1 heterocycles. The summed E-state index contributed by atoms with van der Waals surface area (Å²) in [6.07, 6.45) is 5.86. The Morgan fingerprint density at radius 3 is 2.23 bits per heavy atom. The van der Waals surface area contributed by atoms with Gasteiger partial charge in [0.25, 0.3) is 0 Å². The van der Waals surface area contributed by atoms with E-state index in [0.29, 0.717) is 0 Å². The number of hydrogen-bond donors (Lipinski definition) is 2. The topological polar surface area (TPSA) is 36.4 Å². The molecule has 0 fully saturated rings. The number of guanidine groups is 1. The third-order valence-electron chi connectivity index (χ3n) is 5.96. The molecule has 4 rings (SSSR count). The largest absolute Gasteiger partial charge is 0.356 e. The van der Waals surface area contributed by atoms with Gasteiger partial charge in [-0.3, -0.25) is 4.99 Å². The molecule has 0 unspecified atom stereocenters. The van der Waals surface area contributed by atoms with Crippen LogP contribution in [0.1, 0.15) is 48.4 Å². The van der Waals surface area contributed by atoms with Crippen molar-refractivity contribution in [1.82, 2.24) is 10.6 Å². The van der Waals surface area contributed by atoms with E-state index in [-0.39, 0.29) is 5.41 Å². The number of aliphatic imine (C=N–C) groups is 1. The zero-order valence-corrected chi connectivity index (χ0v) is 15.7. The summed E-state index contributed by atoms with van der Waals surface area (Å²) in [4.78, 5) is 4.40. The van der Waals surface area contributed by atoms with Gasteiger partial charge in [-0.15, -0.1) is 0 Å². The van der Waals surface area contributed by atoms with Gasteiger partial charge in [-0.2, -0.15) is 0 Å². The summed E-state index contributed by atoms with van der Waals surface area (Å²) in [5.41, 5.74) is 6.20. The average Bonchev–Trinajstić information content (AvgIpc) is 3.16. The van der Waals surface area contributed by atoms with E-state index in [9.17, 15) is 0 Å². The fraction of sp³-hybridized carbons (Fsp3) is 0.435. The van der Waals surface area contributed by atoms with Gasteiger partial charge in [-0.05, 0) is 47.9 Å². The normalized spacial score (nSPS) is 17.5. The summed E-state index contributed by atoms with van der Waals surface area (Å²) < 4.78 is 0. The molecule has 0 amide bonds. The van der Waals surface area contributed by atoms with Crippen molar-refractivity contribution in [1.29, 1.82) is 0 Å². The Balaban J connectivity index is 1.51. The van der Waals surface area contributed by atoms with Gasteiger partial charge in [0.15, 0.2) is 5.96 Å². The van der Waals surface area contributed by atoms with Crippen LogP contribution in [0.3, 0.4) is 0 Å². The highest BCUT2D eigenvalue weighted by atomic mass is 15.2. The van der Waals surface area contributed by atoms with Crippen molar-refractivity contribution in [2.24, 2.45) is 4.99 Å². The molecule has 2 N–H and O–H groups in total. The average molecular weight is 348 g/mol. The Bertz CT molecular complexity index is 746. The standard InChI is InChI=1S/C23H29N3/c1-23(14-6-7-15-24-22-25-16-17-26-22)20-10-4-2-8-18(20)12-13-19-9-3-5-11-21(19)23/h2-5,8-11H,6-7,12-17H2,1H3,(H2,24,25,26). The molecule has 0 radical (unpaired) electrons. The number of unbranched alkanes of at least 4 members (excludes halogenated alkanes) is 1. The fourth-order valence-corrected chi connectivity index (χ4v) is 4.56. The summed E-state index contributed by atoms with van der Waals surface area (Å²) in [6, 6.07) is 18.1. The lowest BCUT2D eigenvalue weighted by Crippen LogP contribution is -2.34. The maximum absolute atomic E-state index is 4.40. The predicted octanol–water partition coefficient (Wildman–Crippen LogP) is 3.81. The smallest absolute Gasteiger partial charge is 0.191 e. The van der Waals surface area contributed by atoms with E-state index in [2.05, 4.69) is 71.1 Å². The number of hydrogen-bond acceptors (Lipinski definition) is 3. The van der Waals surface area contributed by atoms with Crippen molar-refractivity contribution in [3.05, 3.63) is 70.8 Å². The summed E-state index contributed by atoms with van der Waals surface area (Å²) in [5.74, 6) is 0.973. The van der Waals surface area contributed by atoms with Gasteiger partial charge in [0.05, 0.1) is 6.54 Å². The van der Waals surface area contributed by atoms with Crippen LogP contribution in [0.4, 0.5) is 0 Å². The molecule has 0 bridgehead atoms. The molecule has 3 nitrogen and oxygen atoms in total. The van der Waals surface area contributed by atoms with E-state index in [1.165, 1.54) is 41.5 Å². The molecular formula is C23H29N3. The highest BCUT2D eigenvalue weighted by Crippen LogP contribution is 2.42. The van der Waals surface area contributed by atoms with E-state index in [1.54, 1.807) is 0 Å². The summed E-state index contributed by atoms with van der Waals surface area (Å²) >= 11 is 0. The molecule has 1 aliphatic heterocycles. The Morgan fingerprint density at radius 1 is 0.962 bits per heavy atom. The number of nitrogens with zero attached hydrogens (tertiary/aromatic N) is 1. The quantitative estimate of drug-likeness (QED) is 0.807. The van der Waals surface area contributed by atoms with E-state index >= 15 is 0 Å². The van der Waals surface area contributed by atoms with Crippen LogP contribution in [0.15, 0.2) is 53.5 Å². The molecule has 136 valence electrons. The van der Waals surface area contributed by atoms with E-state index in [0.717, 1.165) is 38.4 Å². The molecular weight excluding hydrogens is 318 g/mol. The highest BCUT2D eigenvalue weighted by Gasteiger charge is 2.33. The second kappa shape index (κ2) is 7.53. The van der Waals surface area contributed by atoms with Gasteiger partial charge in [0, 0.05) is 18.5 Å². The third-order valence-corrected chi connectivity index (χ3v) is 5.96. The SMILES string of the molecule is CC1(CCCCNC2=NCCN2)c2ccccc2CCc2ccccc21. The van der Waals surface area contributed by atoms with Crippen molar-refractivity contribution >= 4 is 5.96 Å². The number of fused-ring (bicyclic) bond motifs is 2. The van der Waals surface area contributed by atoms with Crippen LogP contribution in [0, 0.1) is 0 Å². The molecule has 0 spiro atoms. The van der Waals surface area contributed by atoms with Crippen molar-refractivity contribution < 1.29 is 0 Å². The zero-order valence-electron chi connectivity index (χ0n) is 15.7. The molecule has 26 heavy (non-hydrogen) atoms. The molecule has 2 aromatic rings. The first-order valence-electron chi connectivity index (χ1n) is 9.96. The van der Waals surface area contributed by atoms with Gasteiger partial charge in [0.1, 0.15) is 0 Å². The first-order valence-corrected chi connectivity index (χ1v) is 9.96. The van der Waals surface area contributed by atoms with E-state index in [4.69, 9.17) is 0 Å². The number of nitrogens with one attached hydrogen (secondary N) is 2. The molecule has 1 aliphatic carbocycles. The summed E-state index contributed by atoms with van der Waals surface area (Å²) in [6.45, 7) is 5.30. The van der Waals surface area contributed by atoms with Crippen LogP contribution in [-0.4, -0.2) is 25.6 Å². The number of aryl methyl sites for hydroxylation is 2.